The number of rotatable bonds is 4. The number of nitrogens with zero attached hydrogens (tertiary/aromatic N) is 1. The van der Waals surface area contributed by atoms with Gasteiger partial charge in [0.1, 0.15) is 5.54 Å². The summed E-state index contributed by atoms with van der Waals surface area (Å²) in [7, 11) is 1.90. The summed E-state index contributed by atoms with van der Waals surface area (Å²) in [5, 5.41) is 4.46. The minimum Gasteiger partial charge on any atom is -0.363 e. The Morgan fingerprint density at radius 3 is 2.77 bits per heavy atom. The van der Waals surface area contributed by atoms with E-state index in [-0.39, 0.29) is 5.78 Å². The molecule has 0 spiro atoms. The van der Waals surface area contributed by atoms with Crippen LogP contribution in [0.1, 0.15) is 44.6 Å². The van der Waals surface area contributed by atoms with E-state index < -0.39 is 5.54 Å². The van der Waals surface area contributed by atoms with E-state index in [1.165, 1.54) is 0 Å². The topological polar surface area (TPSA) is 32.3 Å². The second-order valence-electron chi connectivity index (χ2n) is 5.76. The molecule has 5 heteroatoms. The predicted molar refractivity (Wildman–Crippen MR) is 95.3 cm³/mol. The molecule has 0 aromatic heterocycles. The highest BCUT2D eigenvalue weighted by molar-refractivity contribution is 7.80. The number of nitrogens with one attached hydrogen (secondary N) is 1. The van der Waals surface area contributed by atoms with Crippen LogP contribution in [0.4, 0.5) is 0 Å². The second kappa shape index (κ2) is 7.42. The third-order valence-electron chi connectivity index (χ3n) is 4.38. The highest BCUT2D eigenvalue weighted by Crippen LogP contribution is 2.42. The SMILES string of the molecule is CCCNC(=S)N(C)[C@@]1(c2ccccc2Cl)CCCCC1=O. The molecular formula is C17H23ClN2OS. The standard InChI is InChI=1S/C17H23ClN2OS/c1-3-12-19-16(22)20(2)17(11-7-6-10-15(17)21)13-8-4-5-9-14(13)18/h4-5,8-9H,3,6-7,10-12H2,1-2H3,(H,19,22)/t17-/m1/s1. The maximum absolute atomic E-state index is 12.9. The van der Waals surface area contributed by atoms with Crippen molar-refractivity contribution in [1.82, 2.24) is 10.2 Å². The Morgan fingerprint density at radius 2 is 2.14 bits per heavy atom. The second-order valence-corrected chi connectivity index (χ2v) is 6.56. The summed E-state index contributed by atoms with van der Waals surface area (Å²) in [5.74, 6) is 0.204. The Morgan fingerprint density at radius 1 is 1.41 bits per heavy atom. The molecule has 22 heavy (non-hydrogen) atoms. The van der Waals surface area contributed by atoms with Crippen molar-refractivity contribution in [3.8, 4) is 0 Å². The van der Waals surface area contributed by atoms with E-state index in [0.29, 0.717) is 16.6 Å². The minimum atomic E-state index is -0.742. The van der Waals surface area contributed by atoms with Crippen molar-refractivity contribution in [2.45, 2.75) is 44.6 Å². The molecule has 0 saturated heterocycles. The van der Waals surface area contributed by atoms with Crippen LogP contribution in [0.3, 0.4) is 0 Å². The summed E-state index contributed by atoms with van der Waals surface area (Å²) >= 11 is 11.9. The van der Waals surface area contributed by atoms with Crippen LogP contribution >= 0.6 is 23.8 Å². The van der Waals surface area contributed by atoms with Crippen molar-refractivity contribution in [3.05, 3.63) is 34.9 Å². The molecule has 0 bridgehead atoms. The van der Waals surface area contributed by atoms with Gasteiger partial charge in [-0.25, -0.2) is 0 Å². The number of carbonyl (C=O) groups excluding carboxylic acids is 1. The fourth-order valence-corrected chi connectivity index (χ4v) is 3.70. The van der Waals surface area contributed by atoms with Crippen molar-refractivity contribution in [1.29, 1.82) is 0 Å². The Hall–Kier alpha value is -1.13. The van der Waals surface area contributed by atoms with Crippen LogP contribution in [0.2, 0.25) is 5.02 Å². The number of carbonyl (C=O) groups is 1. The number of hydrogen-bond acceptors (Lipinski definition) is 2. The van der Waals surface area contributed by atoms with Crippen LogP contribution in [0.15, 0.2) is 24.3 Å². The van der Waals surface area contributed by atoms with Gasteiger partial charge in [0.25, 0.3) is 0 Å². The minimum absolute atomic E-state index is 0.204. The molecule has 3 nitrogen and oxygen atoms in total. The van der Waals surface area contributed by atoms with Gasteiger partial charge in [0.05, 0.1) is 0 Å². The van der Waals surface area contributed by atoms with Gasteiger partial charge in [-0.05, 0) is 44.0 Å². The Labute approximate surface area is 143 Å². The molecule has 0 heterocycles. The monoisotopic (exact) mass is 338 g/mol. The number of Topliss-reactive ketones (excluding diaryl/α,β-unsaturated/α-hetero) is 1. The summed E-state index contributed by atoms with van der Waals surface area (Å²) in [6.07, 6.45) is 4.25. The highest BCUT2D eigenvalue weighted by Gasteiger charge is 2.46. The van der Waals surface area contributed by atoms with Crippen LogP contribution in [-0.4, -0.2) is 29.4 Å². The van der Waals surface area contributed by atoms with Crippen LogP contribution in [0.25, 0.3) is 0 Å². The van der Waals surface area contributed by atoms with Gasteiger partial charge in [0.15, 0.2) is 10.9 Å². The number of likely N-dealkylation sites (N-methyl/N-ethyl adjacent to an activating group) is 1. The summed E-state index contributed by atoms with van der Waals surface area (Å²) in [4.78, 5) is 14.8. The predicted octanol–water partition coefficient (Wildman–Crippen LogP) is 3.89. The average Bonchev–Trinajstić information content (AvgIpc) is 2.53. The first-order valence-electron chi connectivity index (χ1n) is 7.84. The zero-order valence-corrected chi connectivity index (χ0v) is 14.8. The molecule has 1 atom stereocenters. The summed E-state index contributed by atoms with van der Waals surface area (Å²) < 4.78 is 0. The van der Waals surface area contributed by atoms with E-state index in [0.717, 1.165) is 37.8 Å². The van der Waals surface area contributed by atoms with Gasteiger partial charge < -0.3 is 10.2 Å². The van der Waals surface area contributed by atoms with Crippen molar-refractivity contribution < 1.29 is 4.79 Å². The molecule has 1 aromatic rings. The van der Waals surface area contributed by atoms with Crippen molar-refractivity contribution in [3.63, 3.8) is 0 Å². The smallest absolute Gasteiger partial charge is 0.169 e. The molecule has 2 rings (SSSR count). The van der Waals surface area contributed by atoms with E-state index in [1.807, 2.05) is 36.2 Å². The average molecular weight is 339 g/mol. The molecular weight excluding hydrogens is 316 g/mol. The zero-order chi connectivity index (χ0) is 16.2. The van der Waals surface area contributed by atoms with Crippen LogP contribution in [-0.2, 0) is 10.3 Å². The fourth-order valence-electron chi connectivity index (χ4n) is 3.15. The molecule has 1 saturated carbocycles. The molecule has 0 aliphatic heterocycles. The van der Waals surface area contributed by atoms with E-state index in [1.54, 1.807) is 0 Å². The van der Waals surface area contributed by atoms with Crippen molar-refractivity contribution in [2.24, 2.45) is 0 Å². The third-order valence-corrected chi connectivity index (χ3v) is 5.12. The first-order chi connectivity index (χ1) is 10.5. The molecule has 1 N–H and O–H groups in total. The number of ketones is 1. The van der Waals surface area contributed by atoms with Crippen molar-refractivity contribution >= 4 is 34.7 Å². The van der Waals surface area contributed by atoms with Gasteiger partial charge in [-0.2, -0.15) is 0 Å². The lowest BCUT2D eigenvalue weighted by Gasteiger charge is -2.45. The molecule has 0 amide bonds. The van der Waals surface area contributed by atoms with Crippen LogP contribution < -0.4 is 5.32 Å². The molecule has 1 aliphatic carbocycles. The zero-order valence-electron chi connectivity index (χ0n) is 13.2. The molecule has 0 unspecified atom stereocenters. The summed E-state index contributed by atoms with van der Waals surface area (Å²) in [6, 6.07) is 7.61. The lowest BCUT2D eigenvalue weighted by Crippen LogP contribution is -2.56. The van der Waals surface area contributed by atoms with E-state index >= 15 is 0 Å². The molecule has 1 aliphatic rings. The van der Waals surface area contributed by atoms with Gasteiger partial charge >= 0.3 is 0 Å². The van der Waals surface area contributed by atoms with E-state index in [2.05, 4.69) is 12.2 Å². The maximum atomic E-state index is 12.9. The number of hydrogen-bond donors (Lipinski definition) is 1. The molecule has 1 aromatic carbocycles. The maximum Gasteiger partial charge on any atom is 0.169 e. The van der Waals surface area contributed by atoms with Crippen LogP contribution in [0.5, 0.6) is 0 Å². The summed E-state index contributed by atoms with van der Waals surface area (Å²) in [5.41, 5.74) is 0.124. The molecule has 120 valence electrons. The first kappa shape index (κ1) is 17.2. The fraction of sp³-hybridized carbons (Fsp3) is 0.529. The Kier molecular flexibility index (Phi) is 5.81. The number of halogens is 1. The van der Waals surface area contributed by atoms with Crippen LogP contribution in [0, 0.1) is 0 Å². The lowest BCUT2D eigenvalue weighted by atomic mass is 9.74. The van der Waals surface area contributed by atoms with E-state index in [9.17, 15) is 4.79 Å². The van der Waals surface area contributed by atoms with E-state index in [4.69, 9.17) is 23.8 Å². The van der Waals surface area contributed by atoms with Gasteiger partial charge in [-0.1, -0.05) is 36.7 Å². The molecule has 0 radical (unpaired) electrons. The van der Waals surface area contributed by atoms with Gasteiger partial charge in [-0.15, -0.1) is 0 Å². The first-order valence-corrected chi connectivity index (χ1v) is 8.62. The van der Waals surface area contributed by atoms with Gasteiger partial charge in [-0.3, -0.25) is 4.79 Å². The lowest BCUT2D eigenvalue weighted by molar-refractivity contribution is -0.131. The quantitative estimate of drug-likeness (QED) is 0.844. The van der Waals surface area contributed by atoms with Gasteiger partial charge in [0.2, 0.25) is 0 Å². The summed E-state index contributed by atoms with van der Waals surface area (Å²) in [6.45, 7) is 2.89. The normalized spacial score (nSPS) is 21.5. The number of thiocarbonyl (C=S) groups is 1. The highest BCUT2D eigenvalue weighted by atomic mass is 35.5. The largest absolute Gasteiger partial charge is 0.363 e. The number of benzene rings is 1. The molecule has 1 fully saturated rings. The van der Waals surface area contributed by atoms with Gasteiger partial charge in [0, 0.05) is 30.6 Å². The Balaban J connectivity index is 2.45. The Bertz CT molecular complexity index is 563. The van der Waals surface area contributed by atoms with Crippen molar-refractivity contribution in [2.75, 3.05) is 13.6 Å². The third kappa shape index (κ3) is 3.13.